The van der Waals surface area contributed by atoms with Crippen molar-refractivity contribution < 1.29 is 14.7 Å². The maximum atomic E-state index is 12.1. The summed E-state index contributed by atoms with van der Waals surface area (Å²) in [5, 5.41) is 11.6. The molecule has 0 aromatic carbocycles. The second-order valence-electron chi connectivity index (χ2n) is 6.60. The lowest BCUT2D eigenvalue weighted by atomic mass is 10.1. The van der Waals surface area contributed by atoms with Crippen LogP contribution in [0.25, 0.3) is 0 Å². The predicted octanol–water partition coefficient (Wildman–Crippen LogP) is 2.26. The molecule has 0 aliphatic carbocycles. The number of piperazine rings is 1. The Labute approximate surface area is 136 Å². The fraction of sp³-hybridized carbons (Fsp3) is 0.562. The molecule has 1 amide bonds. The molecule has 126 valence electrons. The molecule has 2 rings (SSSR count). The van der Waals surface area contributed by atoms with Gasteiger partial charge in [0.2, 0.25) is 0 Å². The highest BCUT2D eigenvalue weighted by Crippen LogP contribution is 2.18. The van der Waals surface area contributed by atoms with E-state index in [9.17, 15) is 4.79 Å². The number of ether oxygens (including phenoxy) is 1. The number of oxime groups is 1. The normalized spacial score (nSPS) is 16.0. The fourth-order valence-electron chi connectivity index (χ4n) is 2.37. The van der Waals surface area contributed by atoms with Crippen molar-refractivity contribution in [1.29, 1.82) is 0 Å². The zero-order valence-electron chi connectivity index (χ0n) is 14.1. The van der Waals surface area contributed by atoms with E-state index in [1.54, 1.807) is 11.1 Å². The smallest absolute Gasteiger partial charge is 0.410 e. The predicted molar refractivity (Wildman–Crippen MR) is 88.4 cm³/mol. The van der Waals surface area contributed by atoms with Gasteiger partial charge < -0.3 is 19.7 Å². The van der Waals surface area contributed by atoms with E-state index < -0.39 is 5.60 Å². The zero-order valence-corrected chi connectivity index (χ0v) is 14.1. The SMILES string of the molecule is Cc1cc(N2CCN(C(=O)OC(C)(C)C)CC2)ncc1/C=N\O. The van der Waals surface area contributed by atoms with Crippen molar-refractivity contribution in [2.24, 2.45) is 5.16 Å². The lowest BCUT2D eigenvalue weighted by molar-refractivity contribution is 0.0240. The molecule has 23 heavy (non-hydrogen) atoms. The van der Waals surface area contributed by atoms with Gasteiger partial charge in [-0.3, -0.25) is 0 Å². The largest absolute Gasteiger partial charge is 0.444 e. The van der Waals surface area contributed by atoms with Crippen LogP contribution in [0, 0.1) is 6.92 Å². The first kappa shape index (κ1) is 17.1. The summed E-state index contributed by atoms with van der Waals surface area (Å²) in [5.74, 6) is 0.862. The summed E-state index contributed by atoms with van der Waals surface area (Å²) in [5.41, 5.74) is 1.29. The lowest BCUT2D eigenvalue weighted by Crippen LogP contribution is -2.50. The molecule has 0 atom stereocenters. The van der Waals surface area contributed by atoms with Crippen molar-refractivity contribution in [3.63, 3.8) is 0 Å². The number of carbonyl (C=O) groups excluding carboxylic acids is 1. The third-order valence-electron chi connectivity index (χ3n) is 3.59. The molecular formula is C16H24N4O3. The molecule has 1 saturated heterocycles. The Bertz CT molecular complexity index is 587. The molecule has 1 aliphatic heterocycles. The first-order valence-electron chi connectivity index (χ1n) is 7.67. The van der Waals surface area contributed by atoms with Gasteiger partial charge in [0.1, 0.15) is 11.4 Å². The van der Waals surface area contributed by atoms with Crippen LogP contribution in [0.15, 0.2) is 17.4 Å². The van der Waals surface area contributed by atoms with E-state index in [2.05, 4.69) is 15.0 Å². The van der Waals surface area contributed by atoms with Crippen molar-refractivity contribution >= 4 is 18.1 Å². The highest BCUT2D eigenvalue weighted by molar-refractivity contribution is 5.81. The number of rotatable bonds is 2. The number of amides is 1. The van der Waals surface area contributed by atoms with Crippen LogP contribution in [0.2, 0.25) is 0 Å². The Morgan fingerprint density at radius 3 is 2.52 bits per heavy atom. The molecule has 1 fully saturated rings. The maximum Gasteiger partial charge on any atom is 0.410 e. The average molecular weight is 320 g/mol. The lowest BCUT2D eigenvalue weighted by Gasteiger charge is -2.36. The van der Waals surface area contributed by atoms with Gasteiger partial charge >= 0.3 is 6.09 Å². The molecule has 2 heterocycles. The van der Waals surface area contributed by atoms with Crippen LogP contribution >= 0.6 is 0 Å². The van der Waals surface area contributed by atoms with E-state index in [1.807, 2.05) is 33.8 Å². The van der Waals surface area contributed by atoms with E-state index in [4.69, 9.17) is 9.94 Å². The number of pyridine rings is 1. The molecule has 0 saturated carbocycles. The Morgan fingerprint density at radius 1 is 1.35 bits per heavy atom. The quantitative estimate of drug-likeness (QED) is 0.514. The summed E-state index contributed by atoms with van der Waals surface area (Å²) in [6.45, 7) is 10.2. The van der Waals surface area contributed by atoms with Crippen molar-refractivity contribution in [2.75, 3.05) is 31.1 Å². The van der Waals surface area contributed by atoms with Gasteiger partial charge in [0.05, 0.1) is 6.21 Å². The minimum atomic E-state index is -0.475. The van der Waals surface area contributed by atoms with E-state index in [0.717, 1.165) is 16.9 Å². The van der Waals surface area contributed by atoms with Crippen molar-refractivity contribution in [3.05, 3.63) is 23.4 Å². The molecule has 1 aromatic rings. The summed E-state index contributed by atoms with van der Waals surface area (Å²) < 4.78 is 5.39. The van der Waals surface area contributed by atoms with Gasteiger partial charge in [-0.25, -0.2) is 9.78 Å². The summed E-state index contributed by atoms with van der Waals surface area (Å²) in [7, 11) is 0. The number of hydrogen-bond acceptors (Lipinski definition) is 6. The van der Waals surface area contributed by atoms with Crippen LogP contribution in [0.3, 0.4) is 0 Å². The Balaban J connectivity index is 1.97. The number of carbonyl (C=O) groups is 1. The molecule has 0 unspecified atom stereocenters. The highest BCUT2D eigenvalue weighted by atomic mass is 16.6. The van der Waals surface area contributed by atoms with Gasteiger partial charge in [-0.05, 0) is 39.3 Å². The summed E-state index contributed by atoms with van der Waals surface area (Å²) in [6.07, 6.45) is 2.78. The molecule has 7 heteroatoms. The Kier molecular flexibility index (Phi) is 5.08. The van der Waals surface area contributed by atoms with E-state index >= 15 is 0 Å². The number of aryl methyl sites for hydroxylation is 1. The third kappa shape index (κ3) is 4.58. The minimum absolute atomic E-state index is 0.268. The summed E-state index contributed by atoms with van der Waals surface area (Å²) >= 11 is 0. The third-order valence-corrected chi connectivity index (χ3v) is 3.59. The van der Waals surface area contributed by atoms with Gasteiger partial charge in [0.15, 0.2) is 0 Å². The fourth-order valence-corrected chi connectivity index (χ4v) is 2.37. The molecule has 7 nitrogen and oxygen atoms in total. The molecular weight excluding hydrogens is 296 g/mol. The molecule has 1 aromatic heterocycles. The molecule has 1 N–H and O–H groups in total. The number of aromatic nitrogens is 1. The summed E-state index contributed by atoms with van der Waals surface area (Å²) in [6, 6.07) is 1.96. The van der Waals surface area contributed by atoms with Crippen molar-refractivity contribution in [1.82, 2.24) is 9.88 Å². The van der Waals surface area contributed by atoms with Crippen LogP contribution in [0.4, 0.5) is 10.6 Å². The molecule has 0 spiro atoms. The second-order valence-corrected chi connectivity index (χ2v) is 6.60. The van der Waals surface area contributed by atoms with E-state index in [-0.39, 0.29) is 6.09 Å². The minimum Gasteiger partial charge on any atom is -0.444 e. The number of anilines is 1. The first-order valence-corrected chi connectivity index (χ1v) is 7.67. The average Bonchev–Trinajstić information content (AvgIpc) is 2.48. The standard InChI is InChI=1S/C16H24N4O3/c1-12-9-14(17-10-13(12)11-18-22)19-5-7-20(8-6-19)15(21)23-16(2,3)4/h9-11,22H,5-8H2,1-4H3/b18-11-. The summed E-state index contributed by atoms with van der Waals surface area (Å²) in [4.78, 5) is 20.3. The highest BCUT2D eigenvalue weighted by Gasteiger charge is 2.26. The Hall–Kier alpha value is -2.31. The van der Waals surface area contributed by atoms with Gasteiger partial charge in [0.25, 0.3) is 0 Å². The molecule has 1 aliphatic rings. The van der Waals surface area contributed by atoms with E-state index in [1.165, 1.54) is 6.21 Å². The monoisotopic (exact) mass is 320 g/mol. The van der Waals surface area contributed by atoms with Crippen LogP contribution in [-0.4, -0.2) is 59.2 Å². The Morgan fingerprint density at radius 2 is 2.00 bits per heavy atom. The van der Waals surface area contributed by atoms with E-state index in [0.29, 0.717) is 26.2 Å². The first-order chi connectivity index (χ1) is 10.8. The van der Waals surface area contributed by atoms with Crippen molar-refractivity contribution in [3.8, 4) is 0 Å². The topological polar surface area (TPSA) is 78.3 Å². The van der Waals surface area contributed by atoms with Gasteiger partial charge in [-0.15, -0.1) is 0 Å². The van der Waals surface area contributed by atoms with Crippen LogP contribution < -0.4 is 4.90 Å². The van der Waals surface area contributed by atoms with Crippen molar-refractivity contribution in [2.45, 2.75) is 33.3 Å². The second kappa shape index (κ2) is 6.85. The van der Waals surface area contributed by atoms with Crippen LogP contribution in [0.1, 0.15) is 31.9 Å². The van der Waals surface area contributed by atoms with Gasteiger partial charge in [-0.1, -0.05) is 5.16 Å². The van der Waals surface area contributed by atoms with Crippen LogP contribution in [-0.2, 0) is 4.74 Å². The molecule has 0 radical (unpaired) electrons. The van der Waals surface area contributed by atoms with Gasteiger partial charge in [-0.2, -0.15) is 0 Å². The van der Waals surface area contributed by atoms with Gasteiger partial charge in [0, 0.05) is 37.9 Å². The number of hydrogen-bond donors (Lipinski definition) is 1. The zero-order chi connectivity index (χ0) is 17.0. The number of nitrogens with zero attached hydrogens (tertiary/aromatic N) is 4. The van der Waals surface area contributed by atoms with Crippen LogP contribution in [0.5, 0.6) is 0 Å². The molecule has 0 bridgehead atoms. The maximum absolute atomic E-state index is 12.1.